The van der Waals surface area contributed by atoms with E-state index in [9.17, 15) is 12.8 Å². The highest BCUT2D eigenvalue weighted by Crippen LogP contribution is 2.22. The standard InChI is InChI=1S/C14H22FN3O2S/c1-3-18-6-4-11(5-7-18)17-21(19,20)12-8-10(2)14(15)13(16)9-12/h8-9,11,17H,3-7,16H2,1-2H3. The quantitative estimate of drug-likeness (QED) is 0.825. The number of sulfonamides is 1. The molecule has 0 radical (unpaired) electrons. The lowest BCUT2D eigenvalue weighted by Gasteiger charge is -2.31. The Morgan fingerprint density at radius 1 is 1.38 bits per heavy atom. The molecule has 0 atom stereocenters. The van der Waals surface area contributed by atoms with Gasteiger partial charge in [-0.05, 0) is 57.1 Å². The lowest BCUT2D eigenvalue weighted by Crippen LogP contribution is -2.44. The average molecular weight is 315 g/mol. The van der Waals surface area contributed by atoms with E-state index in [0.29, 0.717) is 0 Å². The minimum Gasteiger partial charge on any atom is -0.396 e. The van der Waals surface area contributed by atoms with E-state index < -0.39 is 15.8 Å². The van der Waals surface area contributed by atoms with E-state index in [2.05, 4.69) is 16.5 Å². The Balaban J connectivity index is 2.12. The average Bonchev–Trinajstić information content (AvgIpc) is 2.44. The van der Waals surface area contributed by atoms with Crippen molar-refractivity contribution in [2.75, 3.05) is 25.4 Å². The molecule has 3 N–H and O–H groups in total. The number of rotatable bonds is 4. The molecule has 1 fully saturated rings. The number of hydrogen-bond donors (Lipinski definition) is 2. The van der Waals surface area contributed by atoms with E-state index in [4.69, 9.17) is 5.73 Å². The third-order valence-electron chi connectivity index (χ3n) is 3.92. The van der Waals surface area contributed by atoms with Crippen molar-refractivity contribution in [3.8, 4) is 0 Å². The summed E-state index contributed by atoms with van der Waals surface area (Å²) in [4.78, 5) is 2.31. The van der Waals surface area contributed by atoms with E-state index in [1.807, 2.05) is 0 Å². The van der Waals surface area contributed by atoms with E-state index in [-0.39, 0.29) is 22.2 Å². The first-order valence-corrected chi connectivity index (χ1v) is 8.62. The van der Waals surface area contributed by atoms with Gasteiger partial charge in [0, 0.05) is 6.04 Å². The lowest BCUT2D eigenvalue weighted by atomic mass is 10.1. The Labute approximate surface area is 125 Å². The molecule has 2 rings (SSSR count). The minimum atomic E-state index is -3.66. The van der Waals surface area contributed by atoms with Crippen LogP contribution in [0, 0.1) is 12.7 Å². The topological polar surface area (TPSA) is 75.4 Å². The molecule has 1 saturated heterocycles. The molecule has 1 aliphatic rings. The highest BCUT2D eigenvalue weighted by atomic mass is 32.2. The number of nitrogens with zero attached hydrogens (tertiary/aromatic N) is 1. The summed E-state index contributed by atoms with van der Waals surface area (Å²) in [5, 5.41) is 0. The van der Waals surface area contributed by atoms with Gasteiger partial charge in [-0.15, -0.1) is 0 Å². The number of anilines is 1. The Bertz CT molecular complexity index is 588. The van der Waals surface area contributed by atoms with Crippen molar-refractivity contribution < 1.29 is 12.8 Å². The normalized spacial score (nSPS) is 18.0. The second-order valence-corrected chi connectivity index (χ2v) is 7.19. The van der Waals surface area contributed by atoms with Gasteiger partial charge in [0.25, 0.3) is 0 Å². The first kappa shape index (κ1) is 16.2. The molecular formula is C14H22FN3O2S. The summed E-state index contributed by atoms with van der Waals surface area (Å²) in [6.07, 6.45) is 1.56. The van der Waals surface area contributed by atoms with Gasteiger partial charge >= 0.3 is 0 Å². The van der Waals surface area contributed by atoms with Crippen LogP contribution >= 0.6 is 0 Å². The monoisotopic (exact) mass is 315 g/mol. The van der Waals surface area contributed by atoms with Crippen molar-refractivity contribution in [2.24, 2.45) is 0 Å². The van der Waals surface area contributed by atoms with E-state index >= 15 is 0 Å². The van der Waals surface area contributed by atoms with Crippen molar-refractivity contribution in [3.63, 3.8) is 0 Å². The maximum absolute atomic E-state index is 13.5. The Morgan fingerprint density at radius 3 is 2.52 bits per heavy atom. The maximum atomic E-state index is 13.5. The molecule has 0 saturated carbocycles. The number of piperidine rings is 1. The molecule has 0 aromatic heterocycles. The van der Waals surface area contributed by atoms with Gasteiger partial charge in [-0.25, -0.2) is 17.5 Å². The molecule has 1 heterocycles. The SMILES string of the molecule is CCN1CCC(NS(=O)(=O)c2cc(C)c(F)c(N)c2)CC1. The Hall–Kier alpha value is -1.18. The largest absolute Gasteiger partial charge is 0.396 e. The van der Waals surface area contributed by atoms with Crippen LogP contribution in [0.1, 0.15) is 25.3 Å². The molecule has 1 aliphatic heterocycles. The zero-order chi connectivity index (χ0) is 15.6. The third kappa shape index (κ3) is 3.72. The van der Waals surface area contributed by atoms with Gasteiger partial charge in [0.15, 0.2) is 0 Å². The molecule has 118 valence electrons. The van der Waals surface area contributed by atoms with Crippen LogP contribution < -0.4 is 10.5 Å². The summed E-state index contributed by atoms with van der Waals surface area (Å²) in [7, 11) is -3.66. The smallest absolute Gasteiger partial charge is 0.240 e. The lowest BCUT2D eigenvalue weighted by molar-refractivity contribution is 0.217. The fraction of sp³-hybridized carbons (Fsp3) is 0.571. The molecule has 1 aromatic carbocycles. The van der Waals surface area contributed by atoms with Crippen LogP contribution in [-0.2, 0) is 10.0 Å². The van der Waals surface area contributed by atoms with Gasteiger partial charge in [0.2, 0.25) is 10.0 Å². The van der Waals surface area contributed by atoms with Crippen molar-refractivity contribution in [1.82, 2.24) is 9.62 Å². The summed E-state index contributed by atoms with van der Waals surface area (Å²) in [6.45, 7) is 6.34. The first-order chi connectivity index (χ1) is 9.83. The molecule has 21 heavy (non-hydrogen) atoms. The molecule has 0 amide bonds. The van der Waals surface area contributed by atoms with Crippen molar-refractivity contribution in [2.45, 2.75) is 37.6 Å². The van der Waals surface area contributed by atoms with Crippen LogP contribution in [0.5, 0.6) is 0 Å². The van der Waals surface area contributed by atoms with Gasteiger partial charge in [0.1, 0.15) is 5.82 Å². The molecular weight excluding hydrogens is 293 g/mol. The number of halogens is 1. The van der Waals surface area contributed by atoms with Gasteiger partial charge in [-0.1, -0.05) is 6.92 Å². The van der Waals surface area contributed by atoms with Gasteiger partial charge in [-0.2, -0.15) is 0 Å². The highest BCUT2D eigenvalue weighted by molar-refractivity contribution is 7.89. The van der Waals surface area contributed by atoms with Crippen molar-refractivity contribution in [1.29, 1.82) is 0 Å². The molecule has 1 aromatic rings. The number of nitrogens with one attached hydrogen (secondary N) is 1. The number of likely N-dealkylation sites (tertiary alicyclic amines) is 1. The van der Waals surface area contributed by atoms with Gasteiger partial charge in [0.05, 0.1) is 10.6 Å². The second-order valence-electron chi connectivity index (χ2n) is 5.47. The minimum absolute atomic E-state index is 0.0248. The van der Waals surface area contributed by atoms with E-state index in [1.165, 1.54) is 19.1 Å². The molecule has 7 heteroatoms. The van der Waals surface area contributed by atoms with Crippen molar-refractivity contribution >= 4 is 15.7 Å². The molecule has 0 aliphatic carbocycles. The summed E-state index contributed by atoms with van der Waals surface area (Å²) in [5.74, 6) is -0.565. The number of benzene rings is 1. The van der Waals surface area contributed by atoms with Crippen LogP contribution in [0.15, 0.2) is 17.0 Å². The van der Waals surface area contributed by atoms with Gasteiger partial charge in [-0.3, -0.25) is 0 Å². The van der Waals surface area contributed by atoms with Crippen LogP contribution in [0.25, 0.3) is 0 Å². The fourth-order valence-corrected chi connectivity index (χ4v) is 4.00. The summed E-state index contributed by atoms with van der Waals surface area (Å²) >= 11 is 0. The number of nitrogens with two attached hydrogens (primary N) is 1. The van der Waals surface area contributed by atoms with Gasteiger partial charge < -0.3 is 10.6 Å². The first-order valence-electron chi connectivity index (χ1n) is 7.13. The van der Waals surface area contributed by atoms with Crippen LogP contribution in [0.3, 0.4) is 0 Å². The molecule has 0 unspecified atom stereocenters. The third-order valence-corrected chi connectivity index (χ3v) is 5.42. The summed E-state index contributed by atoms with van der Waals surface area (Å²) < 4.78 is 40.9. The molecule has 5 nitrogen and oxygen atoms in total. The van der Waals surface area contributed by atoms with Crippen molar-refractivity contribution in [3.05, 3.63) is 23.5 Å². The zero-order valence-corrected chi connectivity index (χ0v) is 13.2. The van der Waals surface area contributed by atoms with Crippen LogP contribution in [0.4, 0.5) is 10.1 Å². The predicted octanol–water partition coefficient (Wildman–Crippen LogP) is 1.48. The van der Waals surface area contributed by atoms with E-state index in [1.54, 1.807) is 0 Å². The summed E-state index contributed by atoms with van der Waals surface area (Å²) in [5.41, 5.74) is 5.60. The Morgan fingerprint density at radius 2 is 2.00 bits per heavy atom. The summed E-state index contributed by atoms with van der Waals surface area (Å²) in [6, 6.07) is 2.41. The Kier molecular flexibility index (Phi) is 4.85. The number of hydrogen-bond acceptors (Lipinski definition) is 4. The zero-order valence-electron chi connectivity index (χ0n) is 12.4. The predicted molar refractivity (Wildman–Crippen MR) is 81.0 cm³/mol. The van der Waals surface area contributed by atoms with Crippen LogP contribution in [0.2, 0.25) is 0 Å². The number of aryl methyl sites for hydroxylation is 1. The molecule has 0 spiro atoms. The fourth-order valence-electron chi connectivity index (χ4n) is 2.57. The van der Waals surface area contributed by atoms with Crippen LogP contribution in [-0.4, -0.2) is 39.0 Å². The number of nitrogen functional groups attached to an aromatic ring is 1. The highest BCUT2D eigenvalue weighted by Gasteiger charge is 2.25. The maximum Gasteiger partial charge on any atom is 0.240 e. The van der Waals surface area contributed by atoms with E-state index in [0.717, 1.165) is 32.5 Å². The second kappa shape index (κ2) is 6.29. The molecule has 0 bridgehead atoms.